The maximum Gasteiger partial charge on any atom is 0.306 e. The summed E-state index contributed by atoms with van der Waals surface area (Å²) in [7, 11) is 0. The highest BCUT2D eigenvalue weighted by atomic mass is 19.1. The number of rotatable bonds is 7. The number of aromatic nitrogens is 4. The Labute approximate surface area is 220 Å². The van der Waals surface area contributed by atoms with Gasteiger partial charge in [-0.15, -0.1) is 10.2 Å². The van der Waals surface area contributed by atoms with Crippen LogP contribution in [-0.4, -0.2) is 31.2 Å². The number of fused-ring (bicyclic) bond motifs is 1. The normalized spacial score (nSPS) is 18.7. The topological polar surface area (TPSA) is 104 Å². The molecule has 10 heteroatoms. The number of carboxylic acid groups (broad SMARTS) is 1. The third-order valence-electron chi connectivity index (χ3n) is 7.26. The number of hydrogen-bond donors (Lipinski definition) is 3. The molecule has 0 atom stereocenters. The largest absolute Gasteiger partial charge is 0.481 e. The van der Waals surface area contributed by atoms with E-state index in [0.717, 1.165) is 10.9 Å². The molecule has 0 bridgehead atoms. The number of alkyl halides is 1. The van der Waals surface area contributed by atoms with Crippen molar-refractivity contribution in [2.75, 3.05) is 0 Å². The van der Waals surface area contributed by atoms with E-state index in [0.29, 0.717) is 22.5 Å². The predicted octanol–water partition coefficient (Wildman–Crippen LogP) is 6.58. The summed E-state index contributed by atoms with van der Waals surface area (Å²) in [6.07, 6.45) is 1.88. The number of benzene rings is 3. The number of carbonyl (C=O) groups is 1. The van der Waals surface area contributed by atoms with Crippen molar-refractivity contribution in [3.63, 3.8) is 0 Å². The summed E-state index contributed by atoms with van der Waals surface area (Å²) in [6.45, 7) is 1.75. The lowest BCUT2D eigenvalue weighted by Crippen LogP contribution is -2.41. The summed E-state index contributed by atoms with van der Waals surface area (Å²) >= 11 is 0. The van der Waals surface area contributed by atoms with Gasteiger partial charge in [0, 0.05) is 35.2 Å². The Morgan fingerprint density at radius 1 is 1.10 bits per heavy atom. The van der Waals surface area contributed by atoms with Crippen molar-refractivity contribution < 1.29 is 27.8 Å². The van der Waals surface area contributed by atoms with E-state index in [4.69, 9.17) is 9.84 Å². The first-order valence-electron chi connectivity index (χ1n) is 12.4. The van der Waals surface area contributed by atoms with Crippen LogP contribution in [0.15, 0.2) is 60.8 Å². The SMILES string of the molecule is Cc1c(Oc2ccc(F)c(-c3nnc(Cc4cccc(C5(F)CC(C(=O)O)C5)c4)[nH]3)c2)c(F)cc2[nH]ccc12. The number of carboxylic acids is 1. The maximum absolute atomic E-state index is 15.2. The minimum Gasteiger partial charge on any atom is -0.481 e. The summed E-state index contributed by atoms with van der Waals surface area (Å²) in [5.41, 5.74) is 0.854. The van der Waals surface area contributed by atoms with Crippen molar-refractivity contribution in [1.82, 2.24) is 20.2 Å². The van der Waals surface area contributed by atoms with Gasteiger partial charge in [0.1, 0.15) is 23.1 Å². The number of hydrogen-bond acceptors (Lipinski definition) is 4. The number of halogens is 3. The molecule has 3 N–H and O–H groups in total. The molecule has 6 rings (SSSR count). The lowest BCUT2D eigenvalue weighted by atomic mass is 9.68. The van der Waals surface area contributed by atoms with Crippen LogP contribution in [0.25, 0.3) is 22.3 Å². The molecular formula is C29H23F3N4O3. The van der Waals surface area contributed by atoms with Crippen LogP contribution >= 0.6 is 0 Å². The van der Waals surface area contributed by atoms with Crippen LogP contribution < -0.4 is 4.74 Å². The number of aryl methyl sites for hydroxylation is 1. The standard InChI is InChI=1S/C29H23F3N4O3/c1-15-20-7-8-33-24(20)12-23(31)26(15)39-19-5-6-22(30)21(11-19)27-34-25(35-36-27)10-16-3-2-4-18(9-16)29(32)13-17(14-29)28(37)38/h2-9,11-12,17,33H,10,13-14H2,1H3,(H,37,38)(H,34,35,36). The van der Waals surface area contributed by atoms with Gasteiger partial charge in [-0.1, -0.05) is 24.3 Å². The van der Waals surface area contributed by atoms with E-state index in [1.807, 2.05) is 6.07 Å². The van der Waals surface area contributed by atoms with Crippen LogP contribution in [0.1, 0.15) is 35.4 Å². The smallest absolute Gasteiger partial charge is 0.306 e. The highest BCUT2D eigenvalue weighted by molar-refractivity contribution is 5.85. The lowest BCUT2D eigenvalue weighted by molar-refractivity contribution is -0.152. The fourth-order valence-corrected chi connectivity index (χ4v) is 5.10. The maximum atomic E-state index is 15.2. The van der Waals surface area contributed by atoms with Crippen LogP contribution in [0.4, 0.5) is 13.2 Å². The van der Waals surface area contributed by atoms with Gasteiger partial charge < -0.3 is 19.8 Å². The quantitative estimate of drug-likeness (QED) is 0.220. The fraction of sp³-hybridized carbons (Fsp3) is 0.207. The third kappa shape index (κ3) is 4.52. The molecule has 0 amide bonds. The van der Waals surface area contributed by atoms with Gasteiger partial charge >= 0.3 is 5.97 Å². The van der Waals surface area contributed by atoms with Gasteiger partial charge in [-0.05, 0) is 55.2 Å². The summed E-state index contributed by atoms with van der Waals surface area (Å²) < 4.78 is 50.5. The molecule has 198 valence electrons. The van der Waals surface area contributed by atoms with Crippen molar-refractivity contribution in [3.8, 4) is 22.9 Å². The van der Waals surface area contributed by atoms with Crippen LogP contribution in [0.2, 0.25) is 0 Å². The molecule has 0 unspecified atom stereocenters. The Kier molecular flexibility index (Phi) is 5.90. The summed E-state index contributed by atoms with van der Waals surface area (Å²) in [5.74, 6) is -1.92. The van der Waals surface area contributed by atoms with E-state index >= 15 is 4.39 Å². The van der Waals surface area contributed by atoms with Crippen molar-refractivity contribution in [3.05, 3.63) is 94.9 Å². The van der Waals surface area contributed by atoms with Gasteiger partial charge in [0.05, 0.1) is 11.5 Å². The van der Waals surface area contributed by atoms with E-state index in [1.165, 1.54) is 24.3 Å². The number of aliphatic carboxylic acids is 1. The number of aromatic amines is 2. The molecular weight excluding hydrogens is 509 g/mol. The molecule has 2 aromatic heterocycles. The number of nitrogens with zero attached hydrogens (tertiary/aromatic N) is 2. The molecule has 3 aromatic carbocycles. The lowest BCUT2D eigenvalue weighted by Gasteiger charge is -2.39. The van der Waals surface area contributed by atoms with Crippen molar-refractivity contribution >= 4 is 16.9 Å². The molecule has 0 saturated heterocycles. The molecule has 0 aliphatic heterocycles. The van der Waals surface area contributed by atoms with Crippen LogP contribution in [0, 0.1) is 24.5 Å². The molecule has 5 aromatic rings. The molecule has 1 fully saturated rings. The van der Waals surface area contributed by atoms with Gasteiger partial charge in [0.15, 0.2) is 17.4 Å². The van der Waals surface area contributed by atoms with Crippen molar-refractivity contribution in [2.24, 2.45) is 5.92 Å². The summed E-state index contributed by atoms with van der Waals surface area (Å²) in [4.78, 5) is 17.1. The Balaban J connectivity index is 1.22. The Morgan fingerprint density at radius 3 is 2.72 bits per heavy atom. The Morgan fingerprint density at radius 2 is 1.92 bits per heavy atom. The van der Waals surface area contributed by atoms with Gasteiger partial charge in [0.2, 0.25) is 0 Å². The van der Waals surface area contributed by atoms with Crippen LogP contribution in [-0.2, 0) is 16.9 Å². The fourth-order valence-electron chi connectivity index (χ4n) is 5.10. The zero-order valence-electron chi connectivity index (χ0n) is 20.8. The Bertz CT molecular complexity index is 1720. The monoisotopic (exact) mass is 532 g/mol. The first kappa shape index (κ1) is 24.7. The zero-order chi connectivity index (χ0) is 27.3. The first-order chi connectivity index (χ1) is 18.7. The number of H-pyrrole nitrogens is 2. The molecule has 0 radical (unpaired) electrons. The van der Waals surface area contributed by atoms with Crippen molar-refractivity contribution in [1.29, 1.82) is 0 Å². The van der Waals surface area contributed by atoms with E-state index in [9.17, 15) is 13.6 Å². The molecule has 0 spiro atoms. The minimum absolute atomic E-state index is 0.0459. The zero-order valence-corrected chi connectivity index (χ0v) is 20.8. The second-order valence-corrected chi connectivity index (χ2v) is 9.90. The van der Waals surface area contributed by atoms with Crippen molar-refractivity contribution in [2.45, 2.75) is 31.9 Å². The second kappa shape index (κ2) is 9.30. The van der Waals surface area contributed by atoms with Gasteiger partial charge in [-0.25, -0.2) is 13.2 Å². The molecule has 7 nitrogen and oxygen atoms in total. The first-order valence-corrected chi connectivity index (χ1v) is 12.4. The van der Waals surface area contributed by atoms with E-state index in [2.05, 4.69) is 20.2 Å². The van der Waals surface area contributed by atoms with Gasteiger partial charge in [0.25, 0.3) is 0 Å². The van der Waals surface area contributed by atoms with Crippen LogP contribution in [0.3, 0.4) is 0 Å². The molecule has 39 heavy (non-hydrogen) atoms. The van der Waals surface area contributed by atoms with E-state index < -0.39 is 29.2 Å². The summed E-state index contributed by atoms with van der Waals surface area (Å²) in [5, 5.41) is 18.1. The minimum atomic E-state index is -1.67. The highest BCUT2D eigenvalue weighted by Gasteiger charge is 2.49. The summed E-state index contributed by atoms with van der Waals surface area (Å²) in [6, 6.07) is 14.1. The molecule has 2 heterocycles. The number of nitrogens with one attached hydrogen (secondary N) is 2. The third-order valence-corrected chi connectivity index (χ3v) is 7.26. The van der Waals surface area contributed by atoms with E-state index in [-0.39, 0.29) is 42.1 Å². The average molecular weight is 533 g/mol. The number of ether oxygens (including phenoxy) is 1. The molecule has 1 aliphatic carbocycles. The van der Waals surface area contributed by atoms with Gasteiger partial charge in [-0.3, -0.25) is 4.79 Å². The average Bonchev–Trinajstić information content (AvgIpc) is 3.55. The molecule has 1 saturated carbocycles. The second-order valence-electron chi connectivity index (χ2n) is 9.90. The Hall–Kier alpha value is -4.60. The van der Waals surface area contributed by atoms with Crippen LogP contribution in [0.5, 0.6) is 11.5 Å². The van der Waals surface area contributed by atoms with Gasteiger partial charge in [-0.2, -0.15) is 0 Å². The molecule has 1 aliphatic rings. The highest BCUT2D eigenvalue weighted by Crippen LogP contribution is 2.49. The predicted molar refractivity (Wildman–Crippen MR) is 137 cm³/mol. The van der Waals surface area contributed by atoms with E-state index in [1.54, 1.807) is 37.4 Å².